The van der Waals surface area contributed by atoms with Gasteiger partial charge in [0.15, 0.2) is 0 Å². The standard InChI is InChI=1S/C9H13NO2/c1-3-8(6-11)5-9-4-7(2)12-10-9/h4,6,8H,3,5H2,1-2H3. The lowest BCUT2D eigenvalue weighted by Crippen LogP contribution is -2.04. The highest BCUT2D eigenvalue weighted by Gasteiger charge is 2.08. The molecule has 0 amide bonds. The van der Waals surface area contributed by atoms with E-state index in [1.807, 2.05) is 19.9 Å². The van der Waals surface area contributed by atoms with Gasteiger partial charge >= 0.3 is 0 Å². The molecule has 0 saturated carbocycles. The molecule has 1 rings (SSSR count). The number of hydrogen-bond donors (Lipinski definition) is 0. The van der Waals surface area contributed by atoms with Gasteiger partial charge in [-0.3, -0.25) is 0 Å². The number of rotatable bonds is 4. The molecule has 66 valence electrons. The molecule has 0 fully saturated rings. The smallest absolute Gasteiger partial charge is 0.133 e. The van der Waals surface area contributed by atoms with E-state index in [1.54, 1.807) is 0 Å². The minimum atomic E-state index is 0.0782. The molecule has 0 N–H and O–H groups in total. The first-order valence-electron chi connectivity index (χ1n) is 4.13. The molecule has 0 aliphatic heterocycles. The maximum atomic E-state index is 10.5. The van der Waals surface area contributed by atoms with E-state index in [0.29, 0.717) is 6.42 Å². The van der Waals surface area contributed by atoms with E-state index < -0.39 is 0 Å². The van der Waals surface area contributed by atoms with Crippen LogP contribution >= 0.6 is 0 Å². The van der Waals surface area contributed by atoms with Gasteiger partial charge in [0.25, 0.3) is 0 Å². The Kier molecular flexibility index (Phi) is 3.02. The van der Waals surface area contributed by atoms with E-state index in [-0.39, 0.29) is 5.92 Å². The maximum absolute atomic E-state index is 10.5. The molecule has 3 heteroatoms. The Labute approximate surface area is 71.7 Å². The molecule has 3 nitrogen and oxygen atoms in total. The van der Waals surface area contributed by atoms with Crippen LogP contribution in [0.5, 0.6) is 0 Å². The van der Waals surface area contributed by atoms with Gasteiger partial charge in [-0.2, -0.15) is 0 Å². The van der Waals surface area contributed by atoms with E-state index in [9.17, 15) is 4.79 Å². The van der Waals surface area contributed by atoms with Crippen LogP contribution in [-0.4, -0.2) is 11.4 Å². The van der Waals surface area contributed by atoms with Gasteiger partial charge in [0.1, 0.15) is 12.0 Å². The average Bonchev–Trinajstić information content (AvgIpc) is 2.47. The van der Waals surface area contributed by atoms with Crippen molar-refractivity contribution in [3.63, 3.8) is 0 Å². The quantitative estimate of drug-likeness (QED) is 0.641. The molecular formula is C9H13NO2. The molecule has 12 heavy (non-hydrogen) atoms. The third-order valence-corrected chi connectivity index (χ3v) is 1.86. The second kappa shape index (κ2) is 4.04. The summed E-state index contributed by atoms with van der Waals surface area (Å²) in [6.07, 6.45) is 2.52. The molecule has 0 aromatic carbocycles. The fourth-order valence-electron chi connectivity index (χ4n) is 1.07. The molecule has 0 spiro atoms. The maximum Gasteiger partial charge on any atom is 0.133 e. The molecule has 0 radical (unpaired) electrons. The van der Waals surface area contributed by atoms with Gasteiger partial charge < -0.3 is 9.32 Å². The fourth-order valence-corrected chi connectivity index (χ4v) is 1.07. The minimum Gasteiger partial charge on any atom is -0.361 e. The number of carbonyl (C=O) groups is 1. The molecule has 0 aliphatic rings. The Hall–Kier alpha value is -1.12. The monoisotopic (exact) mass is 167 g/mol. The minimum absolute atomic E-state index is 0.0782. The Balaban J connectivity index is 2.56. The van der Waals surface area contributed by atoms with Gasteiger partial charge in [0, 0.05) is 18.4 Å². The first-order valence-corrected chi connectivity index (χ1v) is 4.13. The number of carbonyl (C=O) groups excluding carboxylic acids is 1. The summed E-state index contributed by atoms with van der Waals surface area (Å²) in [5.74, 6) is 0.875. The van der Waals surface area contributed by atoms with E-state index in [1.165, 1.54) is 0 Å². The van der Waals surface area contributed by atoms with Crippen molar-refractivity contribution in [3.8, 4) is 0 Å². The zero-order valence-corrected chi connectivity index (χ0v) is 7.41. The number of aldehydes is 1. The number of hydrogen-bond acceptors (Lipinski definition) is 3. The van der Waals surface area contributed by atoms with Gasteiger partial charge in [-0.1, -0.05) is 12.1 Å². The zero-order chi connectivity index (χ0) is 8.97. The van der Waals surface area contributed by atoms with Crippen molar-refractivity contribution < 1.29 is 9.32 Å². The van der Waals surface area contributed by atoms with Crippen LogP contribution in [-0.2, 0) is 11.2 Å². The highest BCUT2D eigenvalue weighted by Crippen LogP contribution is 2.09. The summed E-state index contributed by atoms with van der Waals surface area (Å²) >= 11 is 0. The lowest BCUT2D eigenvalue weighted by atomic mass is 10.0. The second-order valence-electron chi connectivity index (χ2n) is 2.94. The predicted molar refractivity (Wildman–Crippen MR) is 44.8 cm³/mol. The topological polar surface area (TPSA) is 43.1 Å². The summed E-state index contributed by atoms with van der Waals surface area (Å²) in [4.78, 5) is 10.5. The predicted octanol–water partition coefficient (Wildman–Crippen LogP) is 1.75. The Morgan fingerprint density at radius 1 is 1.75 bits per heavy atom. The number of nitrogens with zero attached hydrogens (tertiary/aromatic N) is 1. The largest absolute Gasteiger partial charge is 0.361 e. The highest BCUT2D eigenvalue weighted by atomic mass is 16.5. The molecule has 1 aromatic heterocycles. The second-order valence-corrected chi connectivity index (χ2v) is 2.94. The average molecular weight is 167 g/mol. The summed E-state index contributed by atoms with van der Waals surface area (Å²) in [6, 6.07) is 1.87. The van der Waals surface area contributed by atoms with Crippen LogP contribution in [0, 0.1) is 12.8 Å². The summed E-state index contributed by atoms with van der Waals surface area (Å²) in [7, 11) is 0. The van der Waals surface area contributed by atoms with Gasteiger partial charge in [0.2, 0.25) is 0 Å². The molecule has 0 saturated heterocycles. The van der Waals surface area contributed by atoms with E-state index in [2.05, 4.69) is 5.16 Å². The van der Waals surface area contributed by atoms with Crippen molar-refractivity contribution in [2.45, 2.75) is 26.7 Å². The third-order valence-electron chi connectivity index (χ3n) is 1.86. The summed E-state index contributed by atoms with van der Waals surface area (Å²) in [5, 5.41) is 3.82. The number of aromatic nitrogens is 1. The third kappa shape index (κ3) is 2.19. The number of aryl methyl sites for hydroxylation is 1. The fraction of sp³-hybridized carbons (Fsp3) is 0.556. The summed E-state index contributed by atoms with van der Waals surface area (Å²) in [5.41, 5.74) is 0.867. The lowest BCUT2D eigenvalue weighted by molar-refractivity contribution is -0.111. The van der Waals surface area contributed by atoms with Gasteiger partial charge in [-0.25, -0.2) is 0 Å². The van der Waals surface area contributed by atoms with Crippen molar-refractivity contribution in [1.29, 1.82) is 0 Å². The van der Waals surface area contributed by atoms with Crippen LogP contribution < -0.4 is 0 Å². The highest BCUT2D eigenvalue weighted by molar-refractivity contribution is 5.53. The van der Waals surface area contributed by atoms with Crippen molar-refractivity contribution in [2.24, 2.45) is 5.92 Å². The Morgan fingerprint density at radius 2 is 2.50 bits per heavy atom. The van der Waals surface area contributed by atoms with Crippen molar-refractivity contribution in [3.05, 3.63) is 17.5 Å². The van der Waals surface area contributed by atoms with Crippen molar-refractivity contribution in [2.75, 3.05) is 0 Å². The summed E-state index contributed by atoms with van der Waals surface area (Å²) in [6.45, 7) is 3.84. The molecule has 0 bridgehead atoms. The molecular weight excluding hydrogens is 154 g/mol. The normalized spacial score (nSPS) is 12.8. The van der Waals surface area contributed by atoms with Crippen LogP contribution in [0.25, 0.3) is 0 Å². The van der Waals surface area contributed by atoms with Gasteiger partial charge in [-0.15, -0.1) is 0 Å². The molecule has 1 unspecified atom stereocenters. The molecule has 1 aromatic rings. The molecule has 0 aliphatic carbocycles. The summed E-state index contributed by atoms with van der Waals surface area (Å²) < 4.78 is 4.89. The SMILES string of the molecule is CCC(C=O)Cc1cc(C)on1. The van der Waals surface area contributed by atoms with Crippen LogP contribution in [0.15, 0.2) is 10.6 Å². The molecule has 1 atom stereocenters. The van der Waals surface area contributed by atoms with E-state index >= 15 is 0 Å². The van der Waals surface area contributed by atoms with Crippen molar-refractivity contribution >= 4 is 6.29 Å². The zero-order valence-electron chi connectivity index (χ0n) is 7.41. The van der Waals surface area contributed by atoms with Gasteiger partial charge in [0.05, 0.1) is 5.69 Å². The first-order chi connectivity index (χ1) is 5.76. The van der Waals surface area contributed by atoms with Gasteiger partial charge in [-0.05, 0) is 13.3 Å². The van der Waals surface area contributed by atoms with Crippen LogP contribution in [0.3, 0.4) is 0 Å². The first kappa shape index (κ1) is 8.97. The van der Waals surface area contributed by atoms with Crippen LogP contribution in [0.2, 0.25) is 0 Å². The van der Waals surface area contributed by atoms with E-state index in [0.717, 1.165) is 24.2 Å². The van der Waals surface area contributed by atoms with E-state index in [4.69, 9.17) is 4.52 Å². The van der Waals surface area contributed by atoms with Crippen molar-refractivity contribution in [1.82, 2.24) is 5.16 Å². The lowest BCUT2D eigenvalue weighted by Gasteiger charge is -2.01. The Bertz CT molecular complexity index is 255. The Morgan fingerprint density at radius 3 is 2.92 bits per heavy atom. The van der Waals surface area contributed by atoms with Crippen LogP contribution in [0.4, 0.5) is 0 Å². The molecule has 1 heterocycles. The van der Waals surface area contributed by atoms with Crippen LogP contribution in [0.1, 0.15) is 24.8 Å².